The Hall–Kier alpha value is -0.620. The first-order chi connectivity index (χ1) is 5.40. The number of rotatable bonds is 4. The molecular weight excluding hydrogens is 180 g/mol. The molecule has 2 N–H and O–H groups in total. The molecule has 5 nitrogen and oxygen atoms in total. The maximum absolute atomic E-state index is 11.1. The largest absolute Gasteiger partial charge is 0.358 e. The van der Waals surface area contributed by atoms with Crippen LogP contribution >= 0.6 is 0 Å². The van der Waals surface area contributed by atoms with Crippen LogP contribution in [0.3, 0.4) is 0 Å². The zero-order valence-electron chi connectivity index (χ0n) is 7.42. The number of carbonyl (C=O) groups is 1. The van der Waals surface area contributed by atoms with Gasteiger partial charge in [0.15, 0.2) is 0 Å². The van der Waals surface area contributed by atoms with Gasteiger partial charge in [-0.2, -0.15) is 0 Å². The molecule has 0 unspecified atom stereocenters. The number of carbonyl (C=O) groups excluding carboxylic acids is 1. The van der Waals surface area contributed by atoms with Crippen LogP contribution in [0.5, 0.6) is 0 Å². The molecule has 0 rings (SSSR count). The van der Waals surface area contributed by atoms with Crippen molar-refractivity contribution in [1.29, 1.82) is 0 Å². The van der Waals surface area contributed by atoms with E-state index in [1.54, 1.807) is 13.8 Å². The molecule has 0 aromatic carbocycles. The number of likely N-dealkylation sites (N-methyl/N-ethyl adjacent to an activating group) is 1. The van der Waals surface area contributed by atoms with Crippen LogP contribution in [-0.2, 0) is 14.8 Å². The normalized spacial score (nSPS) is 11.7. The zero-order chi connectivity index (χ0) is 9.78. The highest BCUT2D eigenvalue weighted by Gasteiger charge is 2.15. The smallest absolute Gasteiger partial charge is 0.234 e. The molecule has 0 aromatic rings. The van der Waals surface area contributed by atoms with Crippen LogP contribution in [0.2, 0.25) is 0 Å². The van der Waals surface area contributed by atoms with Crippen molar-refractivity contribution in [3.63, 3.8) is 0 Å². The predicted molar refractivity (Wildman–Crippen MR) is 46.1 cm³/mol. The summed E-state index contributed by atoms with van der Waals surface area (Å²) in [5, 5.41) is 1.80. The Bertz CT molecular complexity index is 246. The molecule has 0 spiro atoms. The standard InChI is InChI=1S/C6H14N2O3S/c1-5(2)12(10,11)8-4-6(9)7-3/h5,8H,4H2,1-3H3,(H,7,9). The molecule has 72 valence electrons. The molecule has 0 heterocycles. The molecule has 12 heavy (non-hydrogen) atoms. The van der Waals surface area contributed by atoms with E-state index in [1.807, 2.05) is 0 Å². The zero-order valence-corrected chi connectivity index (χ0v) is 8.23. The Morgan fingerprint density at radius 3 is 2.25 bits per heavy atom. The number of hydrogen-bond acceptors (Lipinski definition) is 3. The number of amides is 1. The Labute approximate surface area is 72.6 Å². The summed E-state index contributed by atoms with van der Waals surface area (Å²) in [5.74, 6) is -0.348. The summed E-state index contributed by atoms with van der Waals surface area (Å²) in [6.07, 6.45) is 0. The second kappa shape index (κ2) is 4.42. The molecule has 0 aliphatic carbocycles. The lowest BCUT2D eigenvalue weighted by Gasteiger charge is -2.07. The van der Waals surface area contributed by atoms with Gasteiger partial charge in [0.2, 0.25) is 15.9 Å². The van der Waals surface area contributed by atoms with Crippen molar-refractivity contribution >= 4 is 15.9 Å². The minimum atomic E-state index is -3.31. The van der Waals surface area contributed by atoms with Gasteiger partial charge in [0.05, 0.1) is 11.8 Å². The summed E-state index contributed by atoms with van der Waals surface area (Å²) in [5.41, 5.74) is 0. The Morgan fingerprint density at radius 1 is 1.42 bits per heavy atom. The molecule has 0 aromatic heterocycles. The first kappa shape index (κ1) is 11.4. The van der Waals surface area contributed by atoms with Gasteiger partial charge in [0.25, 0.3) is 0 Å². The highest BCUT2D eigenvalue weighted by Crippen LogP contribution is 1.94. The minimum Gasteiger partial charge on any atom is -0.358 e. The van der Waals surface area contributed by atoms with E-state index in [9.17, 15) is 13.2 Å². The van der Waals surface area contributed by atoms with Gasteiger partial charge < -0.3 is 5.32 Å². The molecule has 0 saturated heterocycles. The second-order valence-electron chi connectivity index (χ2n) is 2.59. The van der Waals surface area contributed by atoms with Gasteiger partial charge in [0.1, 0.15) is 0 Å². The van der Waals surface area contributed by atoms with E-state index in [0.29, 0.717) is 0 Å². The van der Waals surface area contributed by atoms with Crippen molar-refractivity contribution in [3.8, 4) is 0 Å². The van der Waals surface area contributed by atoms with Crippen LogP contribution in [0, 0.1) is 0 Å². The van der Waals surface area contributed by atoms with Gasteiger partial charge in [-0.05, 0) is 13.8 Å². The molecular formula is C6H14N2O3S. The summed E-state index contributed by atoms with van der Waals surface area (Å²) in [6.45, 7) is 2.90. The highest BCUT2D eigenvalue weighted by molar-refractivity contribution is 7.90. The third kappa shape index (κ3) is 3.68. The summed E-state index contributed by atoms with van der Waals surface area (Å²) in [7, 11) is -1.86. The van der Waals surface area contributed by atoms with E-state index in [4.69, 9.17) is 0 Å². The summed E-state index contributed by atoms with van der Waals surface area (Å²) >= 11 is 0. The molecule has 0 atom stereocenters. The fourth-order valence-electron chi connectivity index (χ4n) is 0.421. The van der Waals surface area contributed by atoms with Gasteiger partial charge >= 0.3 is 0 Å². The Morgan fingerprint density at radius 2 is 1.92 bits per heavy atom. The van der Waals surface area contributed by atoms with E-state index in [-0.39, 0.29) is 12.5 Å². The lowest BCUT2D eigenvalue weighted by molar-refractivity contribution is -0.119. The molecule has 0 aliphatic rings. The number of hydrogen-bond donors (Lipinski definition) is 2. The maximum atomic E-state index is 11.1. The van der Waals surface area contributed by atoms with Gasteiger partial charge in [-0.1, -0.05) is 0 Å². The average molecular weight is 194 g/mol. The lowest BCUT2D eigenvalue weighted by atomic mass is 10.6. The fourth-order valence-corrected chi connectivity index (χ4v) is 1.09. The van der Waals surface area contributed by atoms with Crippen LogP contribution < -0.4 is 10.0 Å². The van der Waals surface area contributed by atoms with Gasteiger partial charge in [-0.15, -0.1) is 0 Å². The van der Waals surface area contributed by atoms with Crippen molar-refractivity contribution in [2.75, 3.05) is 13.6 Å². The first-order valence-electron chi connectivity index (χ1n) is 3.59. The Kier molecular flexibility index (Phi) is 4.19. The minimum absolute atomic E-state index is 0.197. The molecule has 1 amide bonds. The number of sulfonamides is 1. The number of nitrogens with one attached hydrogen (secondary N) is 2. The van der Waals surface area contributed by atoms with E-state index in [2.05, 4.69) is 10.0 Å². The van der Waals surface area contributed by atoms with Crippen LogP contribution in [0.15, 0.2) is 0 Å². The van der Waals surface area contributed by atoms with E-state index in [0.717, 1.165) is 0 Å². The third-order valence-electron chi connectivity index (χ3n) is 1.33. The van der Waals surface area contributed by atoms with Gasteiger partial charge in [-0.3, -0.25) is 4.79 Å². The third-order valence-corrected chi connectivity index (χ3v) is 3.12. The highest BCUT2D eigenvalue weighted by atomic mass is 32.2. The first-order valence-corrected chi connectivity index (χ1v) is 5.14. The predicted octanol–water partition coefficient (Wildman–Crippen LogP) is -0.940. The molecule has 6 heteroatoms. The summed E-state index contributed by atoms with van der Waals surface area (Å²) < 4.78 is 24.3. The Balaban J connectivity index is 4.02. The van der Waals surface area contributed by atoms with Crippen molar-refractivity contribution in [2.45, 2.75) is 19.1 Å². The van der Waals surface area contributed by atoms with Crippen molar-refractivity contribution in [2.24, 2.45) is 0 Å². The SMILES string of the molecule is CNC(=O)CNS(=O)(=O)C(C)C. The van der Waals surface area contributed by atoms with Crippen molar-refractivity contribution in [3.05, 3.63) is 0 Å². The van der Waals surface area contributed by atoms with E-state index in [1.165, 1.54) is 7.05 Å². The lowest BCUT2D eigenvalue weighted by Crippen LogP contribution is -2.38. The quantitative estimate of drug-likeness (QED) is 0.606. The average Bonchev–Trinajstić information content (AvgIpc) is 2.00. The van der Waals surface area contributed by atoms with Gasteiger partial charge in [-0.25, -0.2) is 13.1 Å². The molecule has 0 radical (unpaired) electrons. The van der Waals surface area contributed by atoms with Gasteiger partial charge in [0, 0.05) is 7.05 Å². The molecule has 0 fully saturated rings. The van der Waals surface area contributed by atoms with E-state index >= 15 is 0 Å². The summed E-state index contributed by atoms with van der Waals surface area (Å²) in [4.78, 5) is 10.6. The summed E-state index contributed by atoms with van der Waals surface area (Å²) in [6, 6.07) is 0. The monoisotopic (exact) mass is 194 g/mol. The van der Waals surface area contributed by atoms with Crippen molar-refractivity contribution < 1.29 is 13.2 Å². The fraction of sp³-hybridized carbons (Fsp3) is 0.833. The topological polar surface area (TPSA) is 75.3 Å². The molecule has 0 saturated carbocycles. The van der Waals surface area contributed by atoms with Crippen LogP contribution in [-0.4, -0.2) is 33.2 Å². The van der Waals surface area contributed by atoms with E-state index < -0.39 is 15.3 Å². The van der Waals surface area contributed by atoms with Crippen LogP contribution in [0.25, 0.3) is 0 Å². The second-order valence-corrected chi connectivity index (χ2v) is 4.91. The molecule has 0 aliphatic heterocycles. The van der Waals surface area contributed by atoms with Crippen LogP contribution in [0.1, 0.15) is 13.8 Å². The maximum Gasteiger partial charge on any atom is 0.234 e. The molecule has 0 bridgehead atoms. The van der Waals surface area contributed by atoms with Crippen molar-refractivity contribution in [1.82, 2.24) is 10.0 Å². The van der Waals surface area contributed by atoms with Crippen LogP contribution in [0.4, 0.5) is 0 Å².